The second-order valence-electron chi connectivity index (χ2n) is 19.4. The second kappa shape index (κ2) is 45.5. The zero-order chi connectivity index (χ0) is 46.6. The van der Waals surface area contributed by atoms with Crippen LogP contribution in [0.15, 0.2) is 24.3 Å². The molecule has 64 heavy (non-hydrogen) atoms. The molecule has 0 spiro atoms. The molecule has 0 aromatic heterocycles. The van der Waals surface area contributed by atoms with Crippen molar-refractivity contribution in [1.29, 1.82) is 0 Å². The number of hydrogen-bond acceptors (Lipinski definition) is 8. The number of nitrogens with one attached hydrogen (secondary N) is 1. The van der Waals surface area contributed by atoms with Crippen molar-refractivity contribution in [2.75, 3.05) is 13.2 Å². The molecule has 1 rings (SSSR count). The highest BCUT2D eigenvalue weighted by Gasteiger charge is 2.44. The third kappa shape index (κ3) is 34.9. The van der Waals surface area contributed by atoms with E-state index in [0.717, 1.165) is 38.5 Å². The molecule has 9 heteroatoms. The minimum absolute atomic E-state index is 0.178. The standard InChI is InChI=1S/C55H105NO8/c1-3-5-7-9-11-13-15-17-19-21-23-24-25-27-28-30-32-34-36-38-40-42-44-49(58)48(47-63-55-54(62)53(61)52(60)50(46-57)64-55)56-51(59)45-43-41-39-37-35-33-31-29-26-22-20-18-16-14-12-10-8-6-4-2/h22,26,42,44,48-50,52-55,57-58,60-62H,3-21,23-25,27-41,43,45-47H2,1-2H3,(H,56,59)/b26-22-,44-42+. The average Bonchev–Trinajstić information content (AvgIpc) is 3.29. The van der Waals surface area contributed by atoms with Crippen LogP contribution in [0.25, 0.3) is 0 Å². The molecule has 0 radical (unpaired) electrons. The highest BCUT2D eigenvalue weighted by Crippen LogP contribution is 2.23. The van der Waals surface area contributed by atoms with Crippen molar-refractivity contribution in [3.63, 3.8) is 0 Å². The van der Waals surface area contributed by atoms with Crippen LogP contribution in [0.1, 0.15) is 264 Å². The fraction of sp³-hybridized carbons (Fsp3) is 0.909. The first-order valence-electron chi connectivity index (χ1n) is 27.6. The van der Waals surface area contributed by atoms with Gasteiger partial charge in [-0.25, -0.2) is 0 Å². The van der Waals surface area contributed by atoms with Crippen LogP contribution in [0.3, 0.4) is 0 Å². The Hall–Kier alpha value is -1.33. The largest absolute Gasteiger partial charge is 0.394 e. The van der Waals surface area contributed by atoms with Crippen molar-refractivity contribution in [3.05, 3.63) is 24.3 Å². The molecule has 1 aliphatic rings. The SMILES string of the molecule is CCCCCCCCCC/C=C\CCCCCCCCCC(=O)NC(COC1OC(CO)C(O)C(O)C1O)C(O)/C=C/CCCCCCCCCCCCCCCCCCCCCC. The lowest BCUT2D eigenvalue weighted by molar-refractivity contribution is -0.302. The van der Waals surface area contributed by atoms with E-state index in [0.29, 0.717) is 6.42 Å². The van der Waals surface area contributed by atoms with Crippen LogP contribution in [0.5, 0.6) is 0 Å². The van der Waals surface area contributed by atoms with E-state index in [-0.39, 0.29) is 12.5 Å². The van der Waals surface area contributed by atoms with E-state index in [1.807, 2.05) is 6.08 Å². The van der Waals surface area contributed by atoms with Gasteiger partial charge in [0.1, 0.15) is 24.4 Å². The Morgan fingerprint density at radius 2 is 0.875 bits per heavy atom. The summed E-state index contributed by atoms with van der Waals surface area (Å²) in [6.45, 7) is 3.80. The molecule has 0 bridgehead atoms. The van der Waals surface area contributed by atoms with E-state index >= 15 is 0 Å². The molecule has 0 saturated carbocycles. The molecule has 7 unspecified atom stereocenters. The van der Waals surface area contributed by atoms with Gasteiger partial charge in [0.05, 0.1) is 25.4 Å². The number of rotatable bonds is 47. The third-order valence-corrected chi connectivity index (χ3v) is 13.3. The normalized spacial score (nSPS) is 20.1. The molecule has 9 nitrogen and oxygen atoms in total. The van der Waals surface area contributed by atoms with Crippen LogP contribution < -0.4 is 5.32 Å². The van der Waals surface area contributed by atoms with Crippen LogP contribution in [-0.2, 0) is 14.3 Å². The van der Waals surface area contributed by atoms with Crippen molar-refractivity contribution in [3.8, 4) is 0 Å². The summed E-state index contributed by atoms with van der Waals surface area (Å²) in [4.78, 5) is 13.0. The topological polar surface area (TPSA) is 149 Å². The Kier molecular flexibility index (Phi) is 43.1. The third-order valence-electron chi connectivity index (χ3n) is 13.3. The predicted molar refractivity (Wildman–Crippen MR) is 267 cm³/mol. The first kappa shape index (κ1) is 60.7. The van der Waals surface area contributed by atoms with E-state index in [9.17, 15) is 30.3 Å². The smallest absolute Gasteiger partial charge is 0.220 e. The molecular formula is C55H105NO8. The summed E-state index contributed by atoms with van der Waals surface area (Å²) in [6.07, 6.45) is 49.4. The van der Waals surface area contributed by atoms with Gasteiger partial charge in [-0.3, -0.25) is 4.79 Å². The fourth-order valence-corrected chi connectivity index (χ4v) is 8.86. The van der Waals surface area contributed by atoms with Gasteiger partial charge < -0.3 is 40.3 Å². The maximum atomic E-state index is 13.0. The Bertz CT molecular complexity index is 1060. The number of carbonyl (C=O) groups is 1. The number of carbonyl (C=O) groups excluding carboxylic acids is 1. The van der Waals surface area contributed by atoms with Crippen LogP contribution in [0.4, 0.5) is 0 Å². The van der Waals surface area contributed by atoms with Crippen molar-refractivity contribution in [1.82, 2.24) is 5.32 Å². The zero-order valence-electron chi connectivity index (χ0n) is 41.8. The van der Waals surface area contributed by atoms with Gasteiger partial charge in [-0.2, -0.15) is 0 Å². The second-order valence-corrected chi connectivity index (χ2v) is 19.4. The van der Waals surface area contributed by atoms with E-state index in [4.69, 9.17) is 9.47 Å². The molecule has 378 valence electrons. The highest BCUT2D eigenvalue weighted by atomic mass is 16.7. The Labute approximate surface area is 394 Å². The molecule has 1 aliphatic heterocycles. The minimum atomic E-state index is -1.57. The molecule has 0 aromatic rings. The quantitative estimate of drug-likeness (QED) is 0.0261. The van der Waals surface area contributed by atoms with Gasteiger partial charge in [0.25, 0.3) is 0 Å². The molecule has 1 heterocycles. The Balaban J connectivity index is 2.26. The summed E-state index contributed by atoms with van der Waals surface area (Å²) in [6, 6.07) is -0.805. The summed E-state index contributed by atoms with van der Waals surface area (Å²) in [7, 11) is 0. The van der Waals surface area contributed by atoms with Crippen LogP contribution in [-0.4, -0.2) is 87.5 Å². The lowest BCUT2D eigenvalue weighted by Crippen LogP contribution is -2.60. The van der Waals surface area contributed by atoms with Gasteiger partial charge in [-0.1, -0.05) is 237 Å². The van der Waals surface area contributed by atoms with Gasteiger partial charge >= 0.3 is 0 Å². The molecule has 6 N–H and O–H groups in total. The zero-order valence-corrected chi connectivity index (χ0v) is 41.8. The summed E-state index contributed by atoms with van der Waals surface area (Å²) in [5, 5.41) is 54.5. The molecule has 0 aliphatic carbocycles. The van der Waals surface area contributed by atoms with Crippen molar-refractivity contribution in [2.45, 2.75) is 307 Å². The maximum absolute atomic E-state index is 13.0. The predicted octanol–water partition coefficient (Wildman–Crippen LogP) is 13.0. The number of amides is 1. The molecule has 1 saturated heterocycles. The van der Waals surface area contributed by atoms with Gasteiger partial charge in [-0.15, -0.1) is 0 Å². The number of unbranched alkanes of at least 4 members (excludes halogenated alkanes) is 35. The summed E-state index contributed by atoms with van der Waals surface area (Å²) < 4.78 is 11.3. The lowest BCUT2D eigenvalue weighted by atomic mass is 9.99. The van der Waals surface area contributed by atoms with Crippen LogP contribution in [0.2, 0.25) is 0 Å². The van der Waals surface area contributed by atoms with Crippen LogP contribution >= 0.6 is 0 Å². The van der Waals surface area contributed by atoms with Crippen molar-refractivity contribution < 1.29 is 39.8 Å². The van der Waals surface area contributed by atoms with Gasteiger partial charge in [0, 0.05) is 6.42 Å². The van der Waals surface area contributed by atoms with Gasteiger partial charge in [0.15, 0.2) is 6.29 Å². The lowest BCUT2D eigenvalue weighted by Gasteiger charge is -2.40. The minimum Gasteiger partial charge on any atom is -0.394 e. The first-order chi connectivity index (χ1) is 31.3. The number of allylic oxidation sites excluding steroid dienone is 3. The number of hydrogen-bond donors (Lipinski definition) is 6. The summed E-state index contributed by atoms with van der Waals surface area (Å²) >= 11 is 0. The molecule has 0 aromatic carbocycles. The van der Waals surface area contributed by atoms with E-state index in [1.165, 1.54) is 205 Å². The van der Waals surface area contributed by atoms with Crippen LogP contribution in [0, 0.1) is 0 Å². The first-order valence-corrected chi connectivity index (χ1v) is 27.6. The van der Waals surface area contributed by atoms with E-state index in [2.05, 4.69) is 31.3 Å². The Morgan fingerprint density at radius 3 is 1.27 bits per heavy atom. The number of aliphatic hydroxyl groups excluding tert-OH is 5. The van der Waals surface area contributed by atoms with Crippen molar-refractivity contribution in [2.24, 2.45) is 0 Å². The summed E-state index contributed by atoms with van der Waals surface area (Å²) in [5.74, 6) is -0.178. The summed E-state index contributed by atoms with van der Waals surface area (Å²) in [5.41, 5.74) is 0. The molecule has 7 atom stereocenters. The fourth-order valence-electron chi connectivity index (χ4n) is 8.86. The number of aliphatic hydroxyl groups is 5. The number of ether oxygens (including phenoxy) is 2. The van der Waals surface area contributed by atoms with E-state index in [1.54, 1.807) is 6.08 Å². The Morgan fingerprint density at radius 1 is 0.516 bits per heavy atom. The molecule has 1 amide bonds. The van der Waals surface area contributed by atoms with E-state index < -0.39 is 49.5 Å². The maximum Gasteiger partial charge on any atom is 0.220 e. The van der Waals surface area contributed by atoms with Gasteiger partial charge in [0.2, 0.25) is 5.91 Å². The molecular weight excluding hydrogens is 803 g/mol. The average molecular weight is 908 g/mol. The van der Waals surface area contributed by atoms with Gasteiger partial charge in [-0.05, 0) is 44.9 Å². The molecule has 1 fully saturated rings. The highest BCUT2D eigenvalue weighted by molar-refractivity contribution is 5.76. The monoisotopic (exact) mass is 908 g/mol. The van der Waals surface area contributed by atoms with Crippen molar-refractivity contribution >= 4 is 5.91 Å².